The van der Waals surface area contributed by atoms with Gasteiger partial charge < -0.3 is 9.47 Å². The molecule has 1 aromatic rings. The first kappa shape index (κ1) is 10.7. The lowest BCUT2D eigenvalue weighted by Crippen LogP contribution is -1.92. The quantitative estimate of drug-likeness (QED) is 0.845. The van der Waals surface area contributed by atoms with E-state index in [9.17, 15) is 0 Å². The number of rotatable bonds is 3. The average Bonchev–Trinajstić information content (AvgIpc) is 2.18. The molecule has 13 heavy (non-hydrogen) atoms. The predicted molar refractivity (Wildman–Crippen MR) is 59.9 cm³/mol. The maximum absolute atomic E-state index is 5.17. The topological polar surface area (TPSA) is 18.5 Å². The van der Waals surface area contributed by atoms with E-state index in [2.05, 4.69) is 28.6 Å². The number of methoxy groups -OCH3 is 2. The van der Waals surface area contributed by atoms with Gasteiger partial charge in [-0.2, -0.15) is 12.6 Å². The lowest BCUT2D eigenvalue weighted by Gasteiger charge is -2.10. The molecule has 4 heteroatoms. The number of ether oxygens (including phenoxy) is 2. The molecule has 1 rings (SSSR count). The third-order valence-electron chi connectivity index (χ3n) is 1.69. The minimum Gasteiger partial charge on any atom is -0.495 e. The van der Waals surface area contributed by atoms with Crippen LogP contribution in [-0.2, 0) is 5.75 Å². The van der Waals surface area contributed by atoms with Crippen LogP contribution in [0.5, 0.6) is 11.5 Å². The standard InChI is InChI=1S/C9H11BrO2S/c1-11-7-3-6(5-13)4-8(12-2)9(7)10/h3-4,13H,5H2,1-2H3. The largest absolute Gasteiger partial charge is 0.495 e. The fourth-order valence-electron chi connectivity index (χ4n) is 1.01. The Morgan fingerprint density at radius 3 is 2.00 bits per heavy atom. The Labute approximate surface area is 91.8 Å². The average molecular weight is 263 g/mol. The van der Waals surface area contributed by atoms with Gasteiger partial charge in [-0.25, -0.2) is 0 Å². The van der Waals surface area contributed by atoms with Crippen LogP contribution in [0.1, 0.15) is 5.56 Å². The summed E-state index contributed by atoms with van der Waals surface area (Å²) in [6, 6.07) is 3.86. The van der Waals surface area contributed by atoms with E-state index in [0.29, 0.717) is 5.75 Å². The molecule has 0 N–H and O–H groups in total. The summed E-state index contributed by atoms with van der Waals surface area (Å²) in [6.45, 7) is 0. The second-order valence-corrected chi connectivity index (χ2v) is 3.58. The minimum absolute atomic E-state index is 0.667. The molecule has 1 aromatic carbocycles. The molecule has 0 saturated carbocycles. The second kappa shape index (κ2) is 4.77. The molecular formula is C9H11BrO2S. The Balaban J connectivity index is 3.20. The molecule has 0 heterocycles. The van der Waals surface area contributed by atoms with Gasteiger partial charge in [-0.05, 0) is 33.6 Å². The SMILES string of the molecule is COc1cc(CS)cc(OC)c1Br. The summed E-state index contributed by atoms with van der Waals surface area (Å²) < 4.78 is 11.2. The van der Waals surface area contributed by atoms with E-state index >= 15 is 0 Å². The molecule has 0 fully saturated rings. The van der Waals surface area contributed by atoms with Gasteiger partial charge in [0.25, 0.3) is 0 Å². The Morgan fingerprint density at radius 2 is 1.69 bits per heavy atom. The summed E-state index contributed by atoms with van der Waals surface area (Å²) >= 11 is 7.58. The van der Waals surface area contributed by atoms with Crippen LogP contribution in [0, 0.1) is 0 Å². The highest BCUT2D eigenvalue weighted by atomic mass is 79.9. The van der Waals surface area contributed by atoms with Crippen LogP contribution < -0.4 is 9.47 Å². The highest BCUT2D eigenvalue weighted by molar-refractivity contribution is 9.10. The normalized spacial score (nSPS) is 9.85. The molecule has 0 atom stereocenters. The van der Waals surface area contributed by atoms with Crippen molar-refractivity contribution in [3.05, 3.63) is 22.2 Å². The molecule has 0 aliphatic heterocycles. The summed E-state index contributed by atoms with van der Waals surface area (Å²) in [5.41, 5.74) is 1.07. The van der Waals surface area contributed by atoms with Gasteiger partial charge >= 0.3 is 0 Å². The van der Waals surface area contributed by atoms with Crippen LogP contribution in [0.2, 0.25) is 0 Å². The van der Waals surface area contributed by atoms with Crippen molar-refractivity contribution in [3.63, 3.8) is 0 Å². The van der Waals surface area contributed by atoms with Gasteiger partial charge in [-0.15, -0.1) is 0 Å². The molecule has 0 aromatic heterocycles. The van der Waals surface area contributed by atoms with Crippen LogP contribution in [-0.4, -0.2) is 14.2 Å². The highest BCUT2D eigenvalue weighted by Gasteiger charge is 2.08. The molecule has 0 spiro atoms. The van der Waals surface area contributed by atoms with Gasteiger partial charge in [-0.1, -0.05) is 0 Å². The van der Waals surface area contributed by atoms with Crippen LogP contribution in [0.3, 0.4) is 0 Å². The van der Waals surface area contributed by atoms with Crippen molar-refractivity contribution < 1.29 is 9.47 Å². The van der Waals surface area contributed by atoms with E-state index in [1.165, 1.54) is 0 Å². The van der Waals surface area contributed by atoms with E-state index in [-0.39, 0.29) is 0 Å². The Hall–Kier alpha value is -0.350. The summed E-state index contributed by atoms with van der Waals surface area (Å²) in [5.74, 6) is 2.20. The van der Waals surface area contributed by atoms with E-state index in [1.807, 2.05) is 12.1 Å². The van der Waals surface area contributed by atoms with E-state index in [1.54, 1.807) is 14.2 Å². The molecule has 0 bridgehead atoms. The number of benzene rings is 1. The fraction of sp³-hybridized carbons (Fsp3) is 0.333. The van der Waals surface area contributed by atoms with Crippen molar-refractivity contribution in [1.29, 1.82) is 0 Å². The van der Waals surface area contributed by atoms with Crippen molar-refractivity contribution in [1.82, 2.24) is 0 Å². The molecule has 0 aliphatic carbocycles. The minimum atomic E-state index is 0.667. The molecular weight excluding hydrogens is 252 g/mol. The van der Waals surface area contributed by atoms with Crippen LogP contribution in [0.4, 0.5) is 0 Å². The zero-order chi connectivity index (χ0) is 9.84. The Morgan fingerprint density at radius 1 is 1.23 bits per heavy atom. The lowest BCUT2D eigenvalue weighted by molar-refractivity contribution is 0.389. The number of hydrogen-bond donors (Lipinski definition) is 1. The Kier molecular flexibility index (Phi) is 3.93. The zero-order valence-corrected chi connectivity index (χ0v) is 9.98. The summed E-state index contributed by atoms with van der Waals surface area (Å²) in [6.07, 6.45) is 0. The number of thiol groups is 1. The van der Waals surface area contributed by atoms with Gasteiger partial charge in [0, 0.05) is 5.75 Å². The van der Waals surface area contributed by atoms with E-state index in [0.717, 1.165) is 21.5 Å². The first-order valence-electron chi connectivity index (χ1n) is 3.74. The summed E-state index contributed by atoms with van der Waals surface area (Å²) in [7, 11) is 3.25. The van der Waals surface area contributed by atoms with E-state index < -0.39 is 0 Å². The van der Waals surface area contributed by atoms with Crippen LogP contribution in [0.15, 0.2) is 16.6 Å². The molecule has 0 unspecified atom stereocenters. The number of halogens is 1. The predicted octanol–water partition coefficient (Wildman–Crippen LogP) is 2.90. The third kappa shape index (κ3) is 2.31. The van der Waals surface area contributed by atoms with Crippen molar-refractivity contribution in [2.45, 2.75) is 5.75 Å². The highest BCUT2D eigenvalue weighted by Crippen LogP contribution is 2.35. The van der Waals surface area contributed by atoms with Crippen molar-refractivity contribution in [2.24, 2.45) is 0 Å². The third-order valence-corrected chi connectivity index (χ3v) is 2.83. The zero-order valence-electron chi connectivity index (χ0n) is 7.50. The smallest absolute Gasteiger partial charge is 0.137 e. The molecule has 0 radical (unpaired) electrons. The van der Waals surface area contributed by atoms with Gasteiger partial charge in [0.05, 0.1) is 14.2 Å². The summed E-state index contributed by atoms with van der Waals surface area (Å²) in [5, 5.41) is 0. The lowest BCUT2D eigenvalue weighted by atomic mass is 10.2. The maximum Gasteiger partial charge on any atom is 0.137 e. The molecule has 0 saturated heterocycles. The second-order valence-electron chi connectivity index (χ2n) is 2.47. The van der Waals surface area contributed by atoms with Gasteiger partial charge in [0.1, 0.15) is 16.0 Å². The summed E-state index contributed by atoms with van der Waals surface area (Å²) in [4.78, 5) is 0. The molecule has 0 aliphatic rings. The van der Waals surface area contributed by atoms with Crippen molar-refractivity contribution >= 4 is 28.6 Å². The monoisotopic (exact) mass is 262 g/mol. The fourth-order valence-corrected chi connectivity index (χ4v) is 1.75. The first-order chi connectivity index (χ1) is 6.22. The van der Waals surface area contributed by atoms with E-state index in [4.69, 9.17) is 9.47 Å². The first-order valence-corrected chi connectivity index (χ1v) is 5.16. The Bertz CT molecular complexity index is 277. The molecule has 0 amide bonds. The van der Waals surface area contributed by atoms with Crippen LogP contribution in [0.25, 0.3) is 0 Å². The van der Waals surface area contributed by atoms with Crippen molar-refractivity contribution in [3.8, 4) is 11.5 Å². The van der Waals surface area contributed by atoms with Gasteiger partial charge in [0.15, 0.2) is 0 Å². The molecule has 2 nitrogen and oxygen atoms in total. The number of hydrogen-bond acceptors (Lipinski definition) is 3. The van der Waals surface area contributed by atoms with Crippen LogP contribution >= 0.6 is 28.6 Å². The van der Waals surface area contributed by atoms with Gasteiger partial charge in [-0.3, -0.25) is 0 Å². The maximum atomic E-state index is 5.17. The molecule has 72 valence electrons. The van der Waals surface area contributed by atoms with Crippen molar-refractivity contribution in [2.75, 3.05) is 14.2 Å². The van der Waals surface area contributed by atoms with Gasteiger partial charge in [0.2, 0.25) is 0 Å².